The predicted octanol–water partition coefficient (Wildman–Crippen LogP) is 1.22. The van der Waals surface area contributed by atoms with Gasteiger partial charge in [-0.05, 0) is 35.7 Å². The summed E-state index contributed by atoms with van der Waals surface area (Å²) >= 11 is 1.35. The molecule has 0 fully saturated rings. The lowest BCUT2D eigenvalue weighted by Crippen LogP contribution is -2.33. The van der Waals surface area contributed by atoms with Crippen LogP contribution < -0.4 is 16.4 Å². The Morgan fingerprint density at radius 3 is 2.33 bits per heavy atom. The molecule has 1 aromatic heterocycles. The van der Waals surface area contributed by atoms with Crippen LogP contribution in [-0.4, -0.2) is 24.3 Å². The first-order valence-electron chi connectivity index (χ1n) is 6.07. The Bertz CT molecular complexity index is 651. The van der Waals surface area contributed by atoms with E-state index in [0.717, 1.165) is 0 Å². The van der Waals surface area contributed by atoms with Crippen LogP contribution in [0.1, 0.15) is 20.0 Å². The van der Waals surface area contributed by atoms with Crippen LogP contribution in [0.2, 0.25) is 0 Å². The van der Waals surface area contributed by atoms with E-state index in [4.69, 9.17) is 5.73 Å². The average Bonchev–Trinajstić information content (AvgIpc) is 3.00. The van der Waals surface area contributed by atoms with Gasteiger partial charge in [-0.25, -0.2) is 0 Å². The molecule has 0 bridgehead atoms. The molecule has 1 aromatic carbocycles. The SMILES string of the molecule is NC(=O)CNC(=O)c1ccc(NC(=O)c2cccs2)cc1. The van der Waals surface area contributed by atoms with Crippen molar-refractivity contribution in [3.8, 4) is 0 Å². The number of hydrogen-bond acceptors (Lipinski definition) is 4. The van der Waals surface area contributed by atoms with Crippen molar-refractivity contribution >= 4 is 34.7 Å². The Balaban J connectivity index is 1.97. The van der Waals surface area contributed by atoms with Gasteiger partial charge in [-0.1, -0.05) is 6.07 Å². The molecule has 0 saturated heterocycles. The normalized spacial score (nSPS) is 9.90. The highest BCUT2D eigenvalue weighted by Crippen LogP contribution is 2.14. The molecule has 0 saturated carbocycles. The molecule has 7 heteroatoms. The highest BCUT2D eigenvalue weighted by Gasteiger charge is 2.09. The second-order valence-corrected chi connectivity index (χ2v) is 5.11. The average molecular weight is 303 g/mol. The lowest BCUT2D eigenvalue weighted by molar-refractivity contribution is -0.117. The fourth-order valence-electron chi connectivity index (χ4n) is 1.57. The first-order chi connectivity index (χ1) is 10.1. The number of carbonyl (C=O) groups is 3. The fourth-order valence-corrected chi connectivity index (χ4v) is 2.19. The predicted molar refractivity (Wildman–Crippen MR) is 80.2 cm³/mol. The number of nitrogens with two attached hydrogens (primary N) is 1. The topological polar surface area (TPSA) is 101 Å². The number of primary amides is 1. The summed E-state index contributed by atoms with van der Waals surface area (Å²) in [6.07, 6.45) is 0. The summed E-state index contributed by atoms with van der Waals surface area (Å²) in [7, 11) is 0. The second kappa shape index (κ2) is 6.67. The minimum atomic E-state index is -0.608. The Morgan fingerprint density at radius 1 is 1.05 bits per heavy atom. The molecular formula is C14H13N3O3S. The van der Waals surface area contributed by atoms with Gasteiger partial charge < -0.3 is 16.4 Å². The fraction of sp³-hybridized carbons (Fsp3) is 0.0714. The van der Waals surface area contributed by atoms with Crippen molar-refractivity contribution in [2.45, 2.75) is 0 Å². The Labute approximate surface area is 125 Å². The van der Waals surface area contributed by atoms with E-state index >= 15 is 0 Å². The van der Waals surface area contributed by atoms with Crippen molar-refractivity contribution in [2.24, 2.45) is 5.73 Å². The van der Waals surface area contributed by atoms with E-state index in [1.165, 1.54) is 11.3 Å². The third-order valence-electron chi connectivity index (χ3n) is 2.57. The minimum Gasteiger partial charge on any atom is -0.368 e. The lowest BCUT2D eigenvalue weighted by Gasteiger charge is -2.06. The number of benzene rings is 1. The summed E-state index contributed by atoms with van der Waals surface area (Å²) in [6, 6.07) is 9.87. The van der Waals surface area contributed by atoms with Crippen LogP contribution in [0.25, 0.3) is 0 Å². The van der Waals surface area contributed by atoms with Gasteiger partial charge in [0.25, 0.3) is 11.8 Å². The van der Waals surface area contributed by atoms with Gasteiger partial charge in [0.05, 0.1) is 11.4 Å². The van der Waals surface area contributed by atoms with E-state index < -0.39 is 11.8 Å². The largest absolute Gasteiger partial charge is 0.368 e. The molecule has 3 amide bonds. The van der Waals surface area contributed by atoms with Crippen molar-refractivity contribution in [1.82, 2.24) is 5.32 Å². The lowest BCUT2D eigenvalue weighted by atomic mass is 10.2. The van der Waals surface area contributed by atoms with E-state index in [9.17, 15) is 14.4 Å². The molecule has 6 nitrogen and oxygen atoms in total. The molecule has 0 aliphatic rings. The minimum absolute atomic E-state index is 0.198. The van der Waals surface area contributed by atoms with Crippen LogP contribution in [-0.2, 0) is 4.79 Å². The maximum absolute atomic E-state index is 11.8. The summed E-state index contributed by atoms with van der Waals surface area (Å²) in [6.45, 7) is -0.213. The molecule has 0 atom stereocenters. The molecule has 2 aromatic rings. The van der Waals surface area contributed by atoms with Gasteiger partial charge in [0.2, 0.25) is 5.91 Å². The van der Waals surface area contributed by atoms with Crippen LogP contribution in [0.15, 0.2) is 41.8 Å². The number of hydrogen-bond donors (Lipinski definition) is 3. The van der Waals surface area contributed by atoms with E-state index in [0.29, 0.717) is 16.1 Å². The third kappa shape index (κ3) is 4.15. The van der Waals surface area contributed by atoms with Crippen LogP contribution in [0.3, 0.4) is 0 Å². The molecule has 0 aliphatic carbocycles. The molecule has 0 aliphatic heterocycles. The Morgan fingerprint density at radius 2 is 1.76 bits per heavy atom. The molecule has 4 N–H and O–H groups in total. The van der Waals surface area contributed by atoms with Gasteiger partial charge in [-0.2, -0.15) is 0 Å². The summed E-state index contributed by atoms with van der Waals surface area (Å²) in [5.41, 5.74) is 5.91. The number of amides is 3. The maximum atomic E-state index is 11.8. The number of carbonyl (C=O) groups excluding carboxylic acids is 3. The summed E-state index contributed by atoms with van der Waals surface area (Å²) in [4.78, 5) is 34.7. The molecule has 1 heterocycles. The molecular weight excluding hydrogens is 290 g/mol. The molecule has 0 spiro atoms. The number of thiophene rings is 1. The van der Waals surface area contributed by atoms with Gasteiger partial charge in [0.1, 0.15) is 0 Å². The van der Waals surface area contributed by atoms with E-state index in [1.807, 2.05) is 5.38 Å². The van der Waals surface area contributed by atoms with Crippen molar-refractivity contribution in [1.29, 1.82) is 0 Å². The molecule has 2 rings (SSSR count). The quantitative estimate of drug-likeness (QED) is 0.774. The zero-order valence-corrected chi connectivity index (χ0v) is 11.8. The number of anilines is 1. The van der Waals surface area contributed by atoms with E-state index in [-0.39, 0.29) is 12.5 Å². The zero-order valence-electron chi connectivity index (χ0n) is 11.0. The highest BCUT2D eigenvalue weighted by atomic mass is 32.1. The highest BCUT2D eigenvalue weighted by molar-refractivity contribution is 7.12. The standard InChI is InChI=1S/C14H13N3O3S/c15-12(18)8-16-13(19)9-3-5-10(6-4-9)17-14(20)11-2-1-7-21-11/h1-7H,8H2,(H2,15,18)(H,16,19)(H,17,20). The van der Waals surface area contributed by atoms with E-state index in [1.54, 1.807) is 36.4 Å². The van der Waals surface area contributed by atoms with Crippen molar-refractivity contribution < 1.29 is 14.4 Å². The third-order valence-corrected chi connectivity index (χ3v) is 3.44. The van der Waals surface area contributed by atoms with Gasteiger partial charge in [-0.15, -0.1) is 11.3 Å². The Kier molecular flexibility index (Phi) is 4.68. The number of nitrogens with one attached hydrogen (secondary N) is 2. The first kappa shape index (κ1) is 14.7. The van der Waals surface area contributed by atoms with Crippen LogP contribution in [0.4, 0.5) is 5.69 Å². The van der Waals surface area contributed by atoms with Crippen molar-refractivity contribution in [2.75, 3.05) is 11.9 Å². The molecule has 0 unspecified atom stereocenters. The van der Waals surface area contributed by atoms with E-state index in [2.05, 4.69) is 10.6 Å². The van der Waals surface area contributed by atoms with Crippen LogP contribution in [0, 0.1) is 0 Å². The van der Waals surface area contributed by atoms with Crippen molar-refractivity contribution in [3.05, 3.63) is 52.2 Å². The van der Waals surface area contributed by atoms with Crippen LogP contribution >= 0.6 is 11.3 Å². The van der Waals surface area contributed by atoms with Gasteiger partial charge >= 0.3 is 0 Å². The molecule has 0 radical (unpaired) electrons. The van der Waals surface area contributed by atoms with Crippen molar-refractivity contribution in [3.63, 3.8) is 0 Å². The Hall–Kier alpha value is -2.67. The van der Waals surface area contributed by atoms with Crippen LogP contribution in [0.5, 0.6) is 0 Å². The van der Waals surface area contributed by atoms with Gasteiger partial charge in [0, 0.05) is 11.3 Å². The van der Waals surface area contributed by atoms with Gasteiger partial charge in [0.15, 0.2) is 0 Å². The smallest absolute Gasteiger partial charge is 0.265 e. The first-order valence-corrected chi connectivity index (χ1v) is 6.95. The maximum Gasteiger partial charge on any atom is 0.265 e. The number of rotatable bonds is 5. The molecule has 21 heavy (non-hydrogen) atoms. The van der Waals surface area contributed by atoms with Gasteiger partial charge in [-0.3, -0.25) is 14.4 Å². The second-order valence-electron chi connectivity index (χ2n) is 4.16. The summed E-state index contributed by atoms with van der Waals surface area (Å²) < 4.78 is 0. The summed E-state index contributed by atoms with van der Waals surface area (Å²) in [5, 5.41) is 6.93. The monoisotopic (exact) mass is 303 g/mol. The zero-order chi connectivity index (χ0) is 15.2. The summed E-state index contributed by atoms with van der Waals surface area (Å²) in [5.74, 6) is -1.20. The molecule has 108 valence electrons.